The van der Waals surface area contributed by atoms with E-state index in [1.165, 1.54) is 25.3 Å². The van der Waals surface area contributed by atoms with Crippen molar-refractivity contribution >= 4 is 0 Å². The summed E-state index contributed by atoms with van der Waals surface area (Å²) in [7, 11) is 1.39. The summed E-state index contributed by atoms with van der Waals surface area (Å²) in [6.07, 6.45) is -3.85. The molecule has 1 aromatic rings. The van der Waals surface area contributed by atoms with Gasteiger partial charge in [-0.1, -0.05) is 26.3 Å². The zero-order valence-corrected chi connectivity index (χ0v) is 11.1. The van der Waals surface area contributed by atoms with Crippen LogP contribution in [0.2, 0.25) is 0 Å². The van der Waals surface area contributed by atoms with Gasteiger partial charge in [0.05, 0.1) is 7.11 Å². The highest BCUT2D eigenvalue weighted by molar-refractivity contribution is 5.42. The van der Waals surface area contributed by atoms with E-state index < -0.39 is 6.36 Å². The highest BCUT2D eigenvalue weighted by Crippen LogP contribution is 2.34. The molecule has 6 heteroatoms. The molecule has 0 aliphatic rings. The van der Waals surface area contributed by atoms with E-state index in [1.54, 1.807) is 0 Å². The van der Waals surface area contributed by atoms with Crippen molar-refractivity contribution in [3.8, 4) is 11.5 Å². The number of benzene rings is 1. The summed E-state index contributed by atoms with van der Waals surface area (Å²) in [5, 5.41) is 0. The van der Waals surface area contributed by atoms with Gasteiger partial charge in [0.15, 0.2) is 0 Å². The second kappa shape index (κ2) is 6.14. The van der Waals surface area contributed by atoms with Gasteiger partial charge in [-0.3, -0.25) is 0 Å². The smallest absolute Gasteiger partial charge is 0.496 e. The number of halogens is 3. The summed E-state index contributed by atoms with van der Waals surface area (Å²) < 4.78 is 45.3. The first-order valence-corrected chi connectivity index (χ1v) is 5.97. The molecular weight excluding hydrogens is 259 g/mol. The van der Waals surface area contributed by atoms with Crippen molar-refractivity contribution in [1.82, 2.24) is 0 Å². The van der Waals surface area contributed by atoms with Gasteiger partial charge < -0.3 is 15.2 Å². The average molecular weight is 277 g/mol. The van der Waals surface area contributed by atoms with Gasteiger partial charge in [-0.05, 0) is 12.0 Å². The summed E-state index contributed by atoms with van der Waals surface area (Å²) in [5.41, 5.74) is 6.73. The standard InChI is InChI=1S/C13H18F3NO2/c1-4-8(2)12(17)10-6-5-9(7-11(10)18-3)19-13(14,15)16/h5-8,12H,4,17H2,1-3H3/t8?,12-/m1/s1. The fraction of sp³-hybridized carbons (Fsp3) is 0.538. The van der Waals surface area contributed by atoms with Crippen molar-refractivity contribution in [2.75, 3.05) is 7.11 Å². The SMILES string of the molecule is CCC(C)[C@@H](N)c1ccc(OC(F)(F)F)cc1OC. The molecule has 0 aliphatic carbocycles. The zero-order chi connectivity index (χ0) is 14.6. The van der Waals surface area contributed by atoms with Crippen LogP contribution in [0.3, 0.4) is 0 Å². The van der Waals surface area contributed by atoms with Crippen LogP contribution in [0.4, 0.5) is 13.2 Å². The minimum Gasteiger partial charge on any atom is -0.496 e. The Kier molecular flexibility index (Phi) is 5.05. The highest BCUT2D eigenvalue weighted by atomic mass is 19.4. The van der Waals surface area contributed by atoms with Gasteiger partial charge in [0.25, 0.3) is 0 Å². The summed E-state index contributed by atoms with van der Waals surface area (Å²) >= 11 is 0. The van der Waals surface area contributed by atoms with E-state index in [9.17, 15) is 13.2 Å². The molecule has 0 amide bonds. The Hall–Kier alpha value is -1.43. The monoisotopic (exact) mass is 277 g/mol. The maximum absolute atomic E-state index is 12.1. The Balaban J connectivity index is 3.03. The molecule has 0 radical (unpaired) electrons. The number of methoxy groups -OCH3 is 1. The molecule has 0 bridgehead atoms. The maximum atomic E-state index is 12.1. The Labute approximate surface area is 110 Å². The normalized spacial score (nSPS) is 14.9. The van der Waals surface area contributed by atoms with Crippen LogP contribution in [0.15, 0.2) is 18.2 Å². The molecule has 0 saturated carbocycles. The molecule has 2 N–H and O–H groups in total. The summed E-state index contributed by atoms with van der Waals surface area (Å²) in [4.78, 5) is 0. The lowest BCUT2D eigenvalue weighted by Gasteiger charge is -2.21. The van der Waals surface area contributed by atoms with Crippen LogP contribution in [-0.2, 0) is 0 Å². The minimum atomic E-state index is -4.72. The van der Waals surface area contributed by atoms with Crippen LogP contribution in [0, 0.1) is 5.92 Å². The molecule has 3 nitrogen and oxygen atoms in total. The van der Waals surface area contributed by atoms with Crippen molar-refractivity contribution < 1.29 is 22.6 Å². The molecular formula is C13H18F3NO2. The van der Waals surface area contributed by atoms with Crippen molar-refractivity contribution in [2.24, 2.45) is 11.7 Å². The predicted octanol–water partition coefficient (Wildman–Crippen LogP) is 3.64. The number of ether oxygens (including phenoxy) is 2. The van der Waals surface area contributed by atoms with E-state index in [0.29, 0.717) is 11.3 Å². The number of rotatable bonds is 5. The largest absolute Gasteiger partial charge is 0.573 e. The summed E-state index contributed by atoms with van der Waals surface area (Å²) in [5.74, 6) is 0.183. The van der Waals surface area contributed by atoms with Crippen LogP contribution < -0.4 is 15.2 Å². The van der Waals surface area contributed by atoms with E-state index in [0.717, 1.165) is 6.42 Å². The Morgan fingerprint density at radius 3 is 2.42 bits per heavy atom. The van der Waals surface area contributed by atoms with Crippen molar-refractivity contribution in [2.45, 2.75) is 32.7 Å². The molecule has 108 valence electrons. The van der Waals surface area contributed by atoms with E-state index in [1.807, 2.05) is 13.8 Å². The lowest BCUT2D eigenvalue weighted by molar-refractivity contribution is -0.274. The van der Waals surface area contributed by atoms with E-state index in [2.05, 4.69) is 4.74 Å². The Bertz CT molecular complexity index is 421. The zero-order valence-electron chi connectivity index (χ0n) is 11.1. The molecule has 0 spiro atoms. The molecule has 0 saturated heterocycles. The van der Waals surface area contributed by atoms with Gasteiger partial charge in [-0.2, -0.15) is 0 Å². The molecule has 0 aliphatic heterocycles. The molecule has 0 fully saturated rings. The number of nitrogens with two attached hydrogens (primary N) is 1. The average Bonchev–Trinajstić information content (AvgIpc) is 2.34. The van der Waals surface area contributed by atoms with Crippen molar-refractivity contribution in [1.29, 1.82) is 0 Å². The van der Waals surface area contributed by atoms with Gasteiger partial charge in [0.2, 0.25) is 0 Å². The van der Waals surface area contributed by atoms with E-state index in [-0.39, 0.29) is 17.7 Å². The lowest BCUT2D eigenvalue weighted by atomic mass is 9.92. The molecule has 0 aromatic heterocycles. The second-order valence-electron chi connectivity index (χ2n) is 4.36. The van der Waals surface area contributed by atoms with Gasteiger partial charge in [0.1, 0.15) is 11.5 Å². The third-order valence-corrected chi connectivity index (χ3v) is 3.05. The first-order chi connectivity index (χ1) is 8.78. The molecule has 1 unspecified atom stereocenters. The first kappa shape index (κ1) is 15.6. The topological polar surface area (TPSA) is 44.5 Å². The fourth-order valence-corrected chi connectivity index (χ4v) is 1.72. The fourth-order valence-electron chi connectivity index (χ4n) is 1.72. The quantitative estimate of drug-likeness (QED) is 0.893. The summed E-state index contributed by atoms with van der Waals surface area (Å²) in [6.45, 7) is 3.97. The van der Waals surface area contributed by atoms with Crippen LogP contribution in [0.5, 0.6) is 11.5 Å². The summed E-state index contributed by atoms with van der Waals surface area (Å²) in [6, 6.07) is 3.66. The third kappa shape index (κ3) is 4.31. The van der Waals surface area contributed by atoms with Crippen LogP contribution in [-0.4, -0.2) is 13.5 Å². The minimum absolute atomic E-state index is 0.197. The van der Waals surface area contributed by atoms with E-state index in [4.69, 9.17) is 10.5 Å². The molecule has 0 heterocycles. The van der Waals surface area contributed by atoms with Crippen LogP contribution in [0.1, 0.15) is 31.9 Å². The van der Waals surface area contributed by atoms with E-state index >= 15 is 0 Å². The van der Waals surface area contributed by atoms with Crippen LogP contribution in [0.25, 0.3) is 0 Å². The molecule has 1 aromatic carbocycles. The maximum Gasteiger partial charge on any atom is 0.573 e. The molecule has 2 atom stereocenters. The number of alkyl halides is 3. The second-order valence-corrected chi connectivity index (χ2v) is 4.36. The van der Waals surface area contributed by atoms with Crippen molar-refractivity contribution in [3.63, 3.8) is 0 Å². The van der Waals surface area contributed by atoms with Gasteiger partial charge in [-0.15, -0.1) is 13.2 Å². The van der Waals surface area contributed by atoms with Gasteiger partial charge in [0, 0.05) is 17.7 Å². The van der Waals surface area contributed by atoms with Gasteiger partial charge in [-0.25, -0.2) is 0 Å². The first-order valence-electron chi connectivity index (χ1n) is 5.97. The highest BCUT2D eigenvalue weighted by Gasteiger charge is 2.31. The number of hydrogen-bond acceptors (Lipinski definition) is 3. The van der Waals surface area contributed by atoms with Crippen molar-refractivity contribution in [3.05, 3.63) is 23.8 Å². The number of hydrogen-bond donors (Lipinski definition) is 1. The Morgan fingerprint density at radius 2 is 1.95 bits per heavy atom. The molecule has 1 rings (SSSR count). The van der Waals surface area contributed by atoms with Gasteiger partial charge >= 0.3 is 6.36 Å². The lowest BCUT2D eigenvalue weighted by Crippen LogP contribution is -2.20. The third-order valence-electron chi connectivity index (χ3n) is 3.05. The molecule has 19 heavy (non-hydrogen) atoms. The Morgan fingerprint density at radius 1 is 1.32 bits per heavy atom. The van der Waals surface area contributed by atoms with Crippen LogP contribution >= 0.6 is 0 Å². The predicted molar refractivity (Wildman–Crippen MR) is 66.1 cm³/mol.